The lowest BCUT2D eigenvalue weighted by Gasteiger charge is -2.16. The number of rotatable bonds is 2. The van der Waals surface area contributed by atoms with Crippen LogP contribution in [-0.2, 0) is 0 Å². The minimum atomic E-state index is 0.795. The number of hydrogen-bond donors (Lipinski definition) is 1. The smallest absolute Gasteiger partial charge is 0.126 e. The van der Waals surface area contributed by atoms with Gasteiger partial charge in [-0.2, -0.15) is 0 Å². The van der Waals surface area contributed by atoms with E-state index < -0.39 is 0 Å². The van der Waals surface area contributed by atoms with Gasteiger partial charge in [0.2, 0.25) is 0 Å². The van der Waals surface area contributed by atoms with Crippen molar-refractivity contribution in [2.24, 2.45) is 0 Å². The van der Waals surface area contributed by atoms with Crippen LogP contribution < -0.4 is 10.5 Å². The fourth-order valence-corrected chi connectivity index (χ4v) is 3.31. The number of hydrogen-bond acceptors (Lipinski definition) is 2. The molecule has 0 unspecified atom stereocenters. The number of para-hydroxylation sites is 1. The van der Waals surface area contributed by atoms with Crippen molar-refractivity contribution >= 4 is 27.2 Å². The maximum Gasteiger partial charge on any atom is 0.126 e. The van der Waals surface area contributed by atoms with Crippen LogP contribution in [0.3, 0.4) is 0 Å². The summed E-state index contributed by atoms with van der Waals surface area (Å²) < 4.78 is 5.56. The molecule has 0 saturated heterocycles. The highest BCUT2D eigenvalue weighted by atomic mass is 16.5. The molecule has 23 heavy (non-hydrogen) atoms. The third-order valence-corrected chi connectivity index (χ3v) is 4.35. The van der Waals surface area contributed by atoms with Crippen LogP contribution in [0.25, 0.3) is 32.7 Å². The Kier molecular flexibility index (Phi) is 3.16. The molecule has 0 aliphatic carbocycles. The molecule has 0 aliphatic rings. The zero-order valence-electron chi connectivity index (χ0n) is 12.9. The van der Waals surface area contributed by atoms with E-state index >= 15 is 0 Å². The van der Waals surface area contributed by atoms with Crippen molar-refractivity contribution in [2.45, 2.75) is 0 Å². The number of anilines is 1. The molecule has 0 bridgehead atoms. The first-order valence-corrected chi connectivity index (χ1v) is 7.63. The number of fused-ring (bicyclic) bond motifs is 3. The summed E-state index contributed by atoms with van der Waals surface area (Å²) in [6.45, 7) is 0. The Bertz CT molecular complexity index is 1020. The highest BCUT2D eigenvalue weighted by molar-refractivity contribution is 6.20. The molecule has 4 aromatic carbocycles. The average molecular weight is 299 g/mol. The Hall–Kier alpha value is -3.00. The van der Waals surface area contributed by atoms with Crippen molar-refractivity contribution in [2.75, 3.05) is 12.8 Å². The molecular weight excluding hydrogens is 282 g/mol. The summed E-state index contributed by atoms with van der Waals surface area (Å²) in [5.41, 5.74) is 9.44. The summed E-state index contributed by atoms with van der Waals surface area (Å²) in [5.74, 6) is 0.833. The highest BCUT2D eigenvalue weighted by Crippen LogP contribution is 2.43. The first-order valence-electron chi connectivity index (χ1n) is 7.63. The molecule has 0 heterocycles. The summed E-state index contributed by atoms with van der Waals surface area (Å²) in [6, 6.07) is 24.7. The van der Waals surface area contributed by atoms with E-state index in [9.17, 15) is 0 Å². The predicted molar refractivity (Wildman–Crippen MR) is 97.9 cm³/mol. The zero-order chi connectivity index (χ0) is 15.8. The molecular formula is C21H17NO. The molecule has 112 valence electrons. The van der Waals surface area contributed by atoms with Crippen molar-refractivity contribution in [1.82, 2.24) is 0 Å². The number of nitrogens with two attached hydrogens (primary N) is 1. The summed E-state index contributed by atoms with van der Waals surface area (Å²) >= 11 is 0. The van der Waals surface area contributed by atoms with Crippen LogP contribution in [0.1, 0.15) is 0 Å². The first kappa shape index (κ1) is 13.6. The van der Waals surface area contributed by atoms with Crippen molar-refractivity contribution in [3.63, 3.8) is 0 Å². The van der Waals surface area contributed by atoms with Crippen LogP contribution >= 0.6 is 0 Å². The Morgan fingerprint density at radius 1 is 0.652 bits per heavy atom. The fraction of sp³-hybridized carbons (Fsp3) is 0.0476. The molecule has 0 atom stereocenters. The Morgan fingerprint density at radius 2 is 1.17 bits per heavy atom. The Labute approximate surface area is 135 Å². The molecule has 2 heteroatoms. The lowest BCUT2D eigenvalue weighted by molar-refractivity contribution is 0.416. The topological polar surface area (TPSA) is 35.2 Å². The number of ether oxygens (including phenoxy) is 1. The molecule has 0 amide bonds. The quantitative estimate of drug-likeness (QED) is 0.405. The van der Waals surface area contributed by atoms with E-state index in [2.05, 4.69) is 48.5 Å². The van der Waals surface area contributed by atoms with E-state index in [0.717, 1.165) is 33.3 Å². The van der Waals surface area contributed by atoms with Gasteiger partial charge in [0.05, 0.1) is 7.11 Å². The molecule has 0 saturated carbocycles. The van der Waals surface area contributed by atoms with E-state index in [1.165, 1.54) is 10.8 Å². The molecule has 2 nitrogen and oxygen atoms in total. The summed E-state index contributed by atoms with van der Waals surface area (Å²) in [4.78, 5) is 0. The third-order valence-electron chi connectivity index (χ3n) is 4.35. The second-order valence-corrected chi connectivity index (χ2v) is 5.58. The number of nitrogen functional groups attached to an aromatic ring is 1. The van der Waals surface area contributed by atoms with E-state index in [0.29, 0.717) is 0 Å². The maximum absolute atomic E-state index is 6.59. The lowest BCUT2D eigenvalue weighted by Crippen LogP contribution is -1.96. The largest absolute Gasteiger partial charge is 0.496 e. The molecule has 2 N–H and O–H groups in total. The molecule has 0 spiro atoms. The van der Waals surface area contributed by atoms with Gasteiger partial charge in [-0.05, 0) is 22.2 Å². The summed E-state index contributed by atoms with van der Waals surface area (Å²) in [5, 5.41) is 4.61. The van der Waals surface area contributed by atoms with Gasteiger partial charge in [0, 0.05) is 22.2 Å². The fourth-order valence-electron chi connectivity index (χ4n) is 3.31. The second kappa shape index (κ2) is 5.33. The van der Waals surface area contributed by atoms with Crippen LogP contribution in [0.5, 0.6) is 5.75 Å². The van der Waals surface area contributed by atoms with Crippen LogP contribution in [0.4, 0.5) is 5.69 Å². The van der Waals surface area contributed by atoms with Crippen molar-refractivity contribution in [3.8, 4) is 16.9 Å². The second-order valence-electron chi connectivity index (χ2n) is 5.58. The van der Waals surface area contributed by atoms with Gasteiger partial charge in [-0.1, -0.05) is 66.7 Å². The predicted octanol–water partition coefficient (Wildman–Crippen LogP) is 5.25. The Balaban J connectivity index is 2.23. The SMILES string of the molecule is COc1ccccc1-c1c(N)c2ccccc2c2ccccc12. The van der Waals surface area contributed by atoms with Crippen molar-refractivity contribution in [1.29, 1.82) is 0 Å². The van der Waals surface area contributed by atoms with Crippen LogP contribution in [0.15, 0.2) is 72.8 Å². The van der Waals surface area contributed by atoms with E-state index in [1.54, 1.807) is 7.11 Å². The first-order chi connectivity index (χ1) is 11.3. The standard InChI is InChI=1S/C21H17NO/c1-23-19-13-7-6-12-18(19)20-16-10-4-2-8-14(16)15-9-3-5-11-17(15)21(20)22/h2-13H,22H2,1H3. The summed E-state index contributed by atoms with van der Waals surface area (Å²) in [7, 11) is 1.69. The van der Waals surface area contributed by atoms with Gasteiger partial charge < -0.3 is 10.5 Å². The van der Waals surface area contributed by atoms with Gasteiger partial charge in [-0.3, -0.25) is 0 Å². The van der Waals surface area contributed by atoms with E-state index in [4.69, 9.17) is 10.5 Å². The van der Waals surface area contributed by atoms with Crippen molar-refractivity contribution < 1.29 is 4.74 Å². The van der Waals surface area contributed by atoms with E-state index in [-0.39, 0.29) is 0 Å². The van der Waals surface area contributed by atoms with Gasteiger partial charge in [-0.25, -0.2) is 0 Å². The number of benzene rings is 4. The van der Waals surface area contributed by atoms with Gasteiger partial charge in [0.25, 0.3) is 0 Å². The van der Waals surface area contributed by atoms with Crippen LogP contribution in [0.2, 0.25) is 0 Å². The average Bonchev–Trinajstić information content (AvgIpc) is 2.62. The maximum atomic E-state index is 6.59. The summed E-state index contributed by atoms with van der Waals surface area (Å²) in [6.07, 6.45) is 0. The van der Waals surface area contributed by atoms with Gasteiger partial charge in [0.15, 0.2) is 0 Å². The molecule has 4 aromatic rings. The highest BCUT2D eigenvalue weighted by Gasteiger charge is 2.16. The molecule has 0 radical (unpaired) electrons. The minimum absolute atomic E-state index is 0.795. The van der Waals surface area contributed by atoms with Gasteiger partial charge in [-0.15, -0.1) is 0 Å². The molecule has 0 aliphatic heterocycles. The molecule has 4 rings (SSSR count). The van der Waals surface area contributed by atoms with Crippen LogP contribution in [0, 0.1) is 0 Å². The normalized spacial score (nSPS) is 11.0. The van der Waals surface area contributed by atoms with Gasteiger partial charge >= 0.3 is 0 Å². The zero-order valence-corrected chi connectivity index (χ0v) is 12.9. The van der Waals surface area contributed by atoms with Crippen molar-refractivity contribution in [3.05, 3.63) is 72.8 Å². The number of methoxy groups -OCH3 is 1. The van der Waals surface area contributed by atoms with E-state index in [1.807, 2.05) is 24.3 Å². The van der Waals surface area contributed by atoms with Gasteiger partial charge in [0.1, 0.15) is 5.75 Å². The lowest BCUT2D eigenvalue weighted by atomic mass is 9.91. The molecule has 0 aromatic heterocycles. The monoisotopic (exact) mass is 299 g/mol. The third kappa shape index (κ3) is 2.03. The minimum Gasteiger partial charge on any atom is -0.496 e. The molecule has 0 fully saturated rings. The van der Waals surface area contributed by atoms with Crippen LogP contribution in [-0.4, -0.2) is 7.11 Å². The Morgan fingerprint density at radius 3 is 1.87 bits per heavy atom.